The van der Waals surface area contributed by atoms with Crippen LogP contribution in [0.5, 0.6) is 0 Å². The zero-order valence-electron chi connectivity index (χ0n) is 8.43. The third-order valence-corrected chi connectivity index (χ3v) is 4.02. The maximum absolute atomic E-state index is 5.18. The summed E-state index contributed by atoms with van der Waals surface area (Å²) < 4.78 is 1.18. The maximum atomic E-state index is 5.18. The summed E-state index contributed by atoms with van der Waals surface area (Å²) in [7, 11) is 0. The molecule has 0 aliphatic carbocycles. The van der Waals surface area contributed by atoms with E-state index in [-0.39, 0.29) is 5.41 Å². The van der Waals surface area contributed by atoms with Gasteiger partial charge in [0, 0.05) is 16.8 Å². The first-order valence-corrected chi connectivity index (χ1v) is 6.07. The number of halogens is 1. The van der Waals surface area contributed by atoms with Crippen molar-refractivity contribution in [2.75, 3.05) is 13.2 Å². The van der Waals surface area contributed by atoms with Crippen LogP contribution < -0.4 is 16.6 Å². The first-order valence-electron chi connectivity index (χ1n) is 4.46. The first-order chi connectivity index (χ1) is 6.56. The van der Waals surface area contributed by atoms with Gasteiger partial charge in [0.15, 0.2) is 0 Å². The molecule has 0 atom stereocenters. The number of rotatable bonds is 5. The summed E-state index contributed by atoms with van der Waals surface area (Å²) in [5.41, 5.74) is 2.73. The van der Waals surface area contributed by atoms with Gasteiger partial charge in [-0.1, -0.05) is 13.8 Å². The molecule has 0 saturated heterocycles. The van der Waals surface area contributed by atoms with E-state index in [1.54, 1.807) is 11.3 Å². The van der Waals surface area contributed by atoms with Crippen LogP contribution in [0.2, 0.25) is 0 Å². The summed E-state index contributed by atoms with van der Waals surface area (Å²) >= 11 is 5.25. The lowest BCUT2D eigenvalue weighted by atomic mass is 9.91. The minimum atomic E-state index is 0.146. The molecule has 0 aliphatic heterocycles. The van der Waals surface area contributed by atoms with E-state index in [1.807, 2.05) is 0 Å². The molecule has 0 spiro atoms. The van der Waals surface area contributed by atoms with E-state index in [1.165, 1.54) is 8.66 Å². The lowest BCUT2D eigenvalue weighted by molar-refractivity contribution is 0.461. The molecule has 80 valence electrons. The fraction of sp³-hybridized carbons (Fsp3) is 0.556. The normalized spacial score (nSPS) is 12.0. The van der Waals surface area contributed by atoms with Crippen molar-refractivity contribution in [3.05, 3.63) is 20.8 Å². The topological polar surface area (TPSA) is 50.1 Å². The van der Waals surface area contributed by atoms with Crippen LogP contribution in [-0.4, -0.2) is 13.2 Å². The number of nitrogens with two attached hydrogens (primary N) is 1. The van der Waals surface area contributed by atoms with E-state index in [0.29, 0.717) is 6.67 Å². The van der Waals surface area contributed by atoms with Crippen LogP contribution in [-0.2, 0) is 5.41 Å². The lowest BCUT2D eigenvalue weighted by Crippen LogP contribution is -2.40. The van der Waals surface area contributed by atoms with Crippen LogP contribution in [0.1, 0.15) is 18.7 Å². The molecule has 1 aromatic heterocycles. The van der Waals surface area contributed by atoms with E-state index >= 15 is 0 Å². The van der Waals surface area contributed by atoms with Gasteiger partial charge in [-0.3, -0.25) is 5.84 Å². The molecule has 4 N–H and O–H groups in total. The van der Waals surface area contributed by atoms with Crippen molar-refractivity contribution in [1.82, 2.24) is 10.7 Å². The van der Waals surface area contributed by atoms with E-state index in [0.717, 1.165) is 6.54 Å². The molecule has 1 aromatic rings. The number of hydrogen-bond donors (Lipinski definition) is 3. The molecule has 0 unspecified atom stereocenters. The molecular weight excluding hydrogens is 262 g/mol. The first kappa shape index (κ1) is 12.1. The van der Waals surface area contributed by atoms with Gasteiger partial charge >= 0.3 is 0 Å². The van der Waals surface area contributed by atoms with Crippen molar-refractivity contribution in [3.63, 3.8) is 0 Å². The molecule has 1 heterocycles. The van der Waals surface area contributed by atoms with Gasteiger partial charge in [0.2, 0.25) is 0 Å². The smallest absolute Gasteiger partial charge is 0.0701 e. The summed E-state index contributed by atoms with van der Waals surface area (Å²) in [5.74, 6) is 5.18. The number of nitrogens with one attached hydrogen (secondary N) is 2. The highest BCUT2D eigenvalue weighted by Gasteiger charge is 2.21. The second-order valence-electron chi connectivity index (χ2n) is 3.80. The SMILES string of the molecule is CC(C)(CNCNN)c1ccc(Br)s1. The van der Waals surface area contributed by atoms with Crippen LogP contribution in [0.25, 0.3) is 0 Å². The largest absolute Gasteiger partial charge is 0.303 e. The standard InChI is InChI=1S/C9H16BrN3S/c1-9(2,5-12-6-13-11)7-3-4-8(10)14-7/h3-4,12-13H,5-6,11H2,1-2H3. The minimum absolute atomic E-state index is 0.146. The van der Waals surface area contributed by atoms with Crippen molar-refractivity contribution in [3.8, 4) is 0 Å². The molecule has 1 rings (SSSR count). The Kier molecular flexibility index (Phi) is 4.53. The average molecular weight is 278 g/mol. The predicted molar refractivity (Wildman–Crippen MR) is 65.2 cm³/mol. The highest BCUT2D eigenvalue weighted by Crippen LogP contribution is 2.32. The third-order valence-electron chi connectivity index (χ3n) is 2.03. The van der Waals surface area contributed by atoms with Gasteiger partial charge in [0.25, 0.3) is 0 Å². The molecule has 14 heavy (non-hydrogen) atoms. The van der Waals surface area contributed by atoms with Gasteiger partial charge in [0.1, 0.15) is 0 Å². The van der Waals surface area contributed by atoms with E-state index in [9.17, 15) is 0 Å². The number of hydrazine groups is 1. The molecule has 0 saturated carbocycles. The molecule has 0 aliphatic rings. The van der Waals surface area contributed by atoms with Crippen LogP contribution in [0.4, 0.5) is 0 Å². The summed E-state index contributed by atoms with van der Waals surface area (Å²) in [6.45, 7) is 5.98. The van der Waals surface area contributed by atoms with Gasteiger partial charge in [-0.15, -0.1) is 11.3 Å². The van der Waals surface area contributed by atoms with E-state index in [4.69, 9.17) is 5.84 Å². The van der Waals surface area contributed by atoms with Crippen molar-refractivity contribution >= 4 is 27.3 Å². The third kappa shape index (κ3) is 3.33. The monoisotopic (exact) mass is 277 g/mol. The minimum Gasteiger partial charge on any atom is -0.303 e. The Labute approximate surface area is 97.2 Å². The lowest BCUT2D eigenvalue weighted by Gasteiger charge is -2.23. The average Bonchev–Trinajstić information content (AvgIpc) is 2.53. The van der Waals surface area contributed by atoms with Crippen molar-refractivity contribution in [2.45, 2.75) is 19.3 Å². The summed E-state index contributed by atoms with van der Waals surface area (Å²) in [6.07, 6.45) is 0. The Morgan fingerprint density at radius 1 is 1.50 bits per heavy atom. The Balaban J connectivity index is 2.56. The zero-order chi connectivity index (χ0) is 10.6. The quantitative estimate of drug-likeness (QED) is 0.333. The Morgan fingerprint density at radius 2 is 2.21 bits per heavy atom. The molecule has 5 heteroatoms. The van der Waals surface area contributed by atoms with Gasteiger partial charge in [-0.05, 0) is 28.1 Å². The summed E-state index contributed by atoms with van der Waals surface area (Å²) in [4.78, 5) is 1.37. The second kappa shape index (κ2) is 5.23. The summed E-state index contributed by atoms with van der Waals surface area (Å²) in [5, 5.41) is 3.24. The van der Waals surface area contributed by atoms with E-state index < -0.39 is 0 Å². The van der Waals surface area contributed by atoms with Crippen molar-refractivity contribution < 1.29 is 0 Å². The van der Waals surface area contributed by atoms with Gasteiger partial charge in [-0.25, -0.2) is 5.43 Å². The maximum Gasteiger partial charge on any atom is 0.0701 e. The number of hydrogen-bond acceptors (Lipinski definition) is 4. The van der Waals surface area contributed by atoms with Gasteiger partial charge in [-0.2, -0.15) is 0 Å². The molecule has 0 fully saturated rings. The molecule has 0 amide bonds. The summed E-state index contributed by atoms with van der Waals surface area (Å²) in [6, 6.07) is 4.25. The molecule has 0 aromatic carbocycles. The van der Waals surface area contributed by atoms with Crippen LogP contribution in [0.3, 0.4) is 0 Å². The van der Waals surface area contributed by atoms with Crippen LogP contribution >= 0.6 is 27.3 Å². The molecule has 0 bridgehead atoms. The predicted octanol–water partition coefficient (Wildman–Crippen LogP) is 1.80. The Morgan fingerprint density at radius 3 is 2.71 bits per heavy atom. The highest BCUT2D eigenvalue weighted by molar-refractivity contribution is 9.11. The van der Waals surface area contributed by atoms with E-state index in [2.05, 4.69) is 52.7 Å². The molecule has 3 nitrogen and oxygen atoms in total. The fourth-order valence-electron chi connectivity index (χ4n) is 1.21. The Hall–Kier alpha value is 0.0600. The van der Waals surface area contributed by atoms with Crippen molar-refractivity contribution in [2.24, 2.45) is 5.84 Å². The highest BCUT2D eigenvalue weighted by atomic mass is 79.9. The van der Waals surface area contributed by atoms with Gasteiger partial charge < -0.3 is 5.32 Å². The fourth-order valence-corrected chi connectivity index (χ4v) is 2.70. The van der Waals surface area contributed by atoms with Crippen LogP contribution in [0.15, 0.2) is 15.9 Å². The van der Waals surface area contributed by atoms with Crippen molar-refractivity contribution in [1.29, 1.82) is 0 Å². The second-order valence-corrected chi connectivity index (χ2v) is 6.26. The Bertz CT molecular complexity index is 285. The molecular formula is C9H16BrN3S. The molecule has 0 radical (unpaired) electrons. The van der Waals surface area contributed by atoms with Crippen LogP contribution in [0, 0.1) is 0 Å². The zero-order valence-corrected chi connectivity index (χ0v) is 10.8. The number of thiophene rings is 1. The van der Waals surface area contributed by atoms with Gasteiger partial charge in [0.05, 0.1) is 10.5 Å².